The molecule has 0 spiro atoms. The van der Waals surface area contributed by atoms with Crippen LogP contribution in [0, 0.1) is 0 Å². The fourth-order valence-corrected chi connectivity index (χ4v) is 1.17. The molecule has 1 atom stereocenters. The van der Waals surface area contributed by atoms with Crippen LogP contribution < -0.4 is 10.6 Å². The Hall–Kier alpha value is -1.54. The minimum atomic E-state index is -0.256. The highest BCUT2D eigenvalue weighted by molar-refractivity contribution is 5.73. The van der Waals surface area contributed by atoms with Crippen molar-refractivity contribution in [1.29, 1.82) is 0 Å². The number of hydrogen-bond donors (Lipinski definition) is 2. The number of methoxy groups -OCH3 is 1. The summed E-state index contributed by atoms with van der Waals surface area (Å²) in [7, 11) is 6.55. The fraction of sp³-hybridized carbons (Fsp3) is 0.895. The summed E-state index contributed by atoms with van der Waals surface area (Å²) in [6, 6.07) is -0.181. The van der Waals surface area contributed by atoms with Crippen molar-refractivity contribution < 1.29 is 23.8 Å². The molecule has 0 aromatic rings. The lowest BCUT2D eigenvalue weighted by atomic mass is 10.4. The smallest absolute Gasteiger partial charge is 0.409 e. The van der Waals surface area contributed by atoms with E-state index < -0.39 is 0 Å². The first-order chi connectivity index (χ1) is 10.9. The van der Waals surface area contributed by atoms with Gasteiger partial charge in [0.25, 0.3) is 0 Å². The van der Waals surface area contributed by atoms with Gasteiger partial charge in [0, 0.05) is 28.3 Å². The predicted octanol–water partition coefficient (Wildman–Crippen LogP) is 4.00. The second kappa shape index (κ2) is 29.2. The van der Waals surface area contributed by atoms with Crippen molar-refractivity contribution in [3.8, 4) is 0 Å². The normalized spacial score (nSPS) is 9.26. The van der Waals surface area contributed by atoms with E-state index in [4.69, 9.17) is 14.2 Å². The minimum Gasteiger partial charge on any atom is -0.449 e. The molecule has 1 unspecified atom stereocenters. The van der Waals surface area contributed by atoms with Crippen LogP contribution in [-0.4, -0.2) is 77.7 Å². The molecular weight excluding hydrogens is 350 g/mol. The highest BCUT2D eigenvalue weighted by atomic mass is 16.6. The molecule has 8 heteroatoms. The van der Waals surface area contributed by atoms with Gasteiger partial charge in [-0.15, -0.1) is 0 Å². The Bertz CT molecular complexity index is 303. The van der Waals surface area contributed by atoms with E-state index in [1.807, 2.05) is 6.92 Å². The molecule has 0 aromatic carbocycles. The Morgan fingerprint density at radius 1 is 1.04 bits per heavy atom. The van der Waals surface area contributed by atoms with Gasteiger partial charge in [-0.3, -0.25) is 0 Å². The Morgan fingerprint density at radius 2 is 1.59 bits per heavy atom. The zero-order chi connectivity index (χ0) is 18.1. The average molecular weight is 400 g/mol. The minimum absolute atomic E-state index is 0. The van der Waals surface area contributed by atoms with Crippen LogP contribution in [0.2, 0.25) is 0 Å². The van der Waals surface area contributed by atoms with Crippen molar-refractivity contribution in [2.45, 2.75) is 62.4 Å². The van der Waals surface area contributed by atoms with Crippen LogP contribution in [0.15, 0.2) is 0 Å². The zero-order valence-corrected chi connectivity index (χ0v) is 15.3. The summed E-state index contributed by atoms with van der Waals surface area (Å²) in [6.45, 7) is 6.10. The number of carbonyl (C=O) groups excluding carboxylic acids is 2. The summed E-state index contributed by atoms with van der Waals surface area (Å²) in [4.78, 5) is 23.0. The molecule has 0 aliphatic heterocycles. The summed E-state index contributed by atoms with van der Waals surface area (Å²) >= 11 is 0. The number of unbranched alkanes of at least 4 members (excludes halogenated alkanes) is 1. The molecule has 0 fully saturated rings. The van der Waals surface area contributed by atoms with Crippen LogP contribution in [0.4, 0.5) is 9.59 Å². The lowest BCUT2D eigenvalue weighted by Gasteiger charge is -2.13. The SMILES string of the molecule is C.C.C.C.CCCCOC(=O)N(C)C.CNC(=O)NC(C)COCCOC. The van der Waals surface area contributed by atoms with Crippen molar-refractivity contribution in [3.05, 3.63) is 0 Å². The maximum absolute atomic E-state index is 10.8. The van der Waals surface area contributed by atoms with Crippen molar-refractivity contribution in [3.63, 3.8) is 0 Å². The van der Waals surface area contributed by atoms with E-state index in [9.17, 15) is 9.59 Å². The number of nitrogens with one attached hydrogen (secondary N) is 2. The number of amides is 3. The van der Waals surface area contributed by atoms with Gasteiger partial charge in [-0.05, 0) is 13.3 Å². The maximum atomic E-state index is 10.8. The summed E-state index contributed by atoms with van der Waals surface area (Å²) in [5.41, 5.74) is 0. The van der Waals surface area contributed by atoms with Crippen LogP contribution in [0.3, 0.4) is 0 Å². The van der Waals surface area contributed by atoms with Crippen LogP contribution in [-0.2, 0) is 14.2 Å². The second-order valence-electron chi connectivity index (χ2n) is 5.05. The fourth-order valence-electron chi connectivity index (χ4n) is 1.17. The topological polar surface area (TPSA) is 89.1 Å². The standard InChI is InChI=1S/C8H18N2O3.C7H15NO2.4CH4/c1-7(10-8(11)9-2)6-13-5-4-12-3;1-4-5-6-10-7(9)8(2)3;;;;/h7H,4-6H2,1-3H3,(H2,9,10,11);4-6H2,1-3H3;4*1H4. The van der Waals surface area contributed by atoms with Gasteiger partial charge in [-0.1, -0.05) is 43.1 Å². The zero-order valence-electron chi connectivity index (χ0n) is 15.3. The van der Waals surface area contributed by atoms with Crippen LogP contribution in [0.1, 0.15) is 56.4 Å². The molecule has 8 nitrogen and oxygen atoms in total. The van der Waals surface area contributed by atoms with Gasteiger partial charge in [0.1, 0.15) is 0 Å². The third-order valence-electron chi connectivity index (χ3n) is 2.49. The van der Waals surface area contributed by atoms with E-state index in [-0.39, 0.29) is 47.9 Å². The first kappa shape index (κ1) is 40.2. The van der Waals surface area contributed by atoms with E-state index in [2.05, 4.69) is 17.6 Å². The molecule has 0 radical (unpaired) electrons. The van der Waals surface area contributed by atoms with E-state index >= 15 is 0 Å². The first-order valence-corrected chi connectivity index (χ1v) is 7.77. The molecule has 0 heterocycles. The number of nitrogens with zero attached hydrogens (tertiary/aromatic N) is 1. The Kier molecular flexibility index (Phi) is 43.5. The third kappa shape index (κ3) is 32.6. The van der Waals surface area contributed by atoms with Crippen molar-refractivity contribution in [2.24, 2.45) is 0 Å². The third-order valence-corrected chi connectivity index (χ3v) is 2.49. The van der Waals surface area contributed by atoms with Gasteiger partial charge in [0.05, 0.1) is 32.5 Å². The number of carbonyl (C=O) groups is 2. The van der Waals surface area contributed by atoms with Gasteiger partial charge in [-0.25, -0.2) is 9.59 Å². The quantitative estimate of drug-likeness (QED) is 0.572. The van der Waals surface area contributed by atoms with Crippen LogP contribution in [0.5, 0.6) is 0 Å². The summed E-state index contributed by atoms with van der Waals surface area (Å²) in [5.74, 6) is 0. The molecule has 0 aliphatic carbocycles. The molecule has 27 heavy (non-hydrogen) atoms. The molecular formula is C19H49N3O5. The largest absolute Gasteiger partial charge is 0.449 e. The van der Waals surface area contributed by atoms with Gasteiger partial charge in [0.15, 0.2) is 0 Å². The van der Waals surface area contributed by atoms with E-state index in [1.54, 1.807) is 28.3 Å². The number of hydrogen-bond acceptors (Lipinski definition) is 5. The lowest BCUT2D eigenvalue weighted by Crippen LogP contribution is -2.41. The van der Waals surface area contributed by atoms with Gasteiger partial charge >= 0.3 is 12.1 Å². The van der Waals surface area contributed by atoms with Crippen molar-refractivity contribution in [2.75, 3.05) is 54.7 Å². The van der Waals surface area contributed by atoms with Gasteiger partial charge in [0.2, 0.25) is 0 Å². The number of rotatable bonds is 9. The first-order valence-electron chi connectivity index (χ1n) is 7.77. The highest BCUT2D eigenvalue weighted by Crippen LogP contribution is 1.91. The van der Waals surface area contributed by atoms with E-state index in [0.29, 0.717) is 26.4 Å². The van der Waals surface area contributed by atoms with E-state index in [1.165, 1.54) is 4.90 Å². The molecule has 0 saturated carbocycles. The Balaban J connectivity index is -0.0000000728. The summed E-state index contributed by atoms with van der Waals surface area (Å²) in [6.07, 6.45) is 1.74. The van der Waals surface area contributed by atoms with Crippen molar-refractivity contribution >= 4 is 12.1 Å². The maximum Gasteiger partial charge on any atom is 0.409 e. The van der Waals surface area contributed by atoms with Gasteiger partial charge in [-0.2, -0.15) is 0 Å². The average Bonchev–Trinajstić information content (AvgIpc) is 2.52. The Morgan fingerprint density at radius 3 is 2.00 bits per heavy atom. The van der Waals surface area contributed by atoms with Crippen LogP contribution in [0.25, 0.3) is 0 Å². The molecule has 0 aliphatic rings. The van der Waals surface area contributed by atoms with E-state index in [0.717, 1.165) is 12.8 Å². The molecule has 0 rings (SSSR count). The number of urea groups is 1. The molecule has 170 valence electrons. The predicted molar refractivity (Wildman–Crippen MR) is 117 cm³/mol. The summed E-state index contributed by atoms with van der Waals surface area (Å²) in [5, 5.41) is 5.16. The highest BCUT2D eigenvalue weighted by Gasteiger charge is 2.04. The van der Waals surface area contributed by atoms with Crippen molar-refractivity contribution in [1.82, 2.24) is 15.5 Å². The molecule has 0 bridgehead atoms. The summed E-state index contributed by atoms with van der Waals surface area (Å²) < 4.78 is 14.8. The monoisotopic (exact) mass is 399 g/mol. The molecule has 0 saturated heterocycles. The molecule has 2 N–H and O–H groups in total. The lowest BCUT2D eigenvalue weighted by molar-refractivity contribution is 0.0623. The molecule has 0 aromatic heterocycles. The second-order valence-corrected chi connectivity index (χ2v) is 5.05. The number of ether oxygens (including phenoxy) is 3. The Labute approximate surface area is 169 Å². The molecule has 3 amide bonds. The van der Waals surface area contributed by atoms with Gasteiger partial charge < -0.3 is 29.7 Å². The van der Waals surface area contributed by atoms with Crippen LogP contribution >= 0.6 is 0 Å².